The van der Waals surface area contributed by atoms with Gasteiger partial charge in [0.2, 0.25) is 0 Å². The van der Waals surface area contributed by atoms with E-state index in [4.69, 9.17) is 0 Å². The summed E-state index contributed by atoms with van der Waals surface area (Å²) >= 11 is 0. The first kappa shape index (κ1) is 10.4. The maximum atomic E-state index is 2.54. The average molecular weight is 214 g/mol. The second-order valence-electron chi connectivity index (χ2n) is 5.78. The number of fused-ring (bicyclic) bond motifs is 3. The molecule has 0 spiro atoms. The monoisotopic (exact) mass is 214 g/mol. The molecule has 0 radical (unpaired) electrons. The van der Waals surface area contributed by atoms with Crippen molar-refractivity contribution in [3.63, 3.8) is 0 Å². The van der Waals surface area contributed by atoms with Gasteiger partial charge in [0, 0.05) is 0 Å². The van der Waals surface area contributed by atoms with Crippen molar-refractivity contribution in [1.29, 1.82) is 0 Å². The van der Waals surface area contributed by atoms with Crippen molar-refractivity contribution in [3.8, 4) is 0 Å². The number of rotatable bonds is 1. The van der Waals surface area contributed by atoms with Gasteiger partial charge in [-0.05, 0) is 78.7 Å². The number of benzene rings is 1. The molecule has 0 bridgehead atoms. The van der Waals surface area contributed by atoms with Gasteiger partial charge < -0.3 is 0 Å². The molecule has 3 rings (SSSR count). The van der Waals surface area contributed by atoms with Crippen LogP contribution in [0.5, 0.6) is 0 Å². The fourth-order valence-electron chi connectivity index (χ4n) is 3.62. The van der Waals surface area contributed by atoms with E-state index < -0.39 is 0 Å². The molecule has 0 aromatic heterocycles. The van der Waals surface area contributed by atoms with Crippen LogP contribution in [0.15, 0.2) is 6.07 Å². The summed E-state index contributed by atoms with van der Waals surface area (Å²) in [6, 6.07) is 2.54. The Hall–Kier alpha value is -0.780. The Kier molecular flexibility index (Phi) is 2.53. The fourth-order valence-corrected chi connectivity index (χ4v) is 3.62. The van der Waals surface area contributed by atoms with Gasteiger partial charge in [0.05, 0.1) is 0 Å². The third-order valence-electron chi connectivity index (χ3n) is 4.39. The molecule has 2 aliphatic rings. The molecule has 0 nitrogen and oxygen atoms in total. The number of hydrogen-bond donors (Lipinski definition) is 0. The third-order valence-corrected chi connectivity index (χ3v) is 4.39. The Morgan fingerprint density at radius 1 is 0.812 bits per heavy atom. The van der Waals surface area contributed by atoms with Crippen LogP contribution in [0.4, 0.5) is 0 Å². The second-order valence-corrected chi connectivity index (χ2v) is 5.78. The van der Waals surface area contributed by atoms with Crippen LogP contribution in [0.3, 0.4) is 0 Å². The third kappa shape index (κ3) is 1.50. The minimum Gasteiger partial charge on any atom is -0.0587 e. The minimum atomic E-state index is 0.707. The van der Waals surface area contributed by atoms with E-state index in [2.05, 4.69) is 19.9 Å². The summed E-state index contributed by atoms with van der Waals surface area (Å²) in [5.74, 6) is 0.707. The van der Waals surface area contributed by atoms with Gasteiger partial charge in [-0.25, -0.2) is 0 Å². The Labute approximate surface area is 99.1 Å². The molecule has 0 aliphatic heterocycles. The van der Waals surface area contributed by atoms with Gasteiger partial charge in [0.25, 0.3) is 0 Å². The van der Waals surface area contributed by atoms with Gasteiger partial charge in [0.15, 0.2) is 0 Å². The maximum absolute atomic E-state index is 2.54. The van der Waals surface area contributed by atoms with Crippen molar-refractivity contribution < 1.29 is 0 Å². The Morgan fingerprint density at radius 3 is 2.31 bits per heavy atom. The fraction of sp³-hybridized carbons (Fsp3) is 0.625. The first-order valence-electron chi connectivity index (χ1n) is 6.93. The van der Waals surface area contributed by atoms with Crippen molar-refractivity contribution in [3.05, 3.63) is 33.9 Å². The summed E-state index contributed by atoms with van der Waals surface area (Å²) in [6.07, 6.45) is 9.61. The van der Waals surface area contributed by atoms with E-state index in [9.17, 15) is 0 Å². The smallest absolute Gasteiger partial charge is 0.0216 e. The topological polar surface area (TPSA) is 0 Å². The lowest BCUT2D eigenvalue weighted by atomic mass is 9.82. The largest absolute Gasteiger partial charge is 0.0587 e. The first-order valence-corrected chi connectivity index (χ1v) is 6.93. The van der Waals surface area contributed by atoms with E-state index in [1.165, 1.54) is 44.9 Å². The van der Waals surface area contributed by atoms with Crippen molar-refractivity contribution in [2.24, 2.45) is 0 Å². The van der Waals surface area contributed by atoms with Gasteiger partial charge in [-0.15, -0.1) is 0 Å². The van der Waals surface area contributed by atoms with Crippen LogP contribution >= 0.6 is 0 Å². The van der Waals surface area contributed by atoms with Gasteiger partial charge in [-0.1, -0.05) is 19.9 Å². The van der Waals surface area contributed by atoms with E-state index >= 15 is 0 Å². The Balaban J connectivity index is 2.19. The Morgan fingerprint density at radius 2 is 1.50 bits per heavy atom. The van der Waals surface area contributed by atoms with Gasteiger partial charge in [-0.3, -0.25) is 0 Å². The average Bonchev–Trinajstić information content (AvgIpc) is 2.76. The number of hydrogen-bond acceptors (Lipinski definition) is 0. The van der Waals surface area contributed by atoms with E-state index in [1.54, 1.807) is 27.8 Å². The zero-order valence-electron chi connectivity index (χ0n) is 10.6. The van der Waals surface area contributed by atoms with Crippen LogP contribution in [0.1, 0.15) is 66.8 Å². The Bertz CT molecular complexity index is 413. The zero-order chi connectivity index (χ0) is 11.1. The van der Waals surface area contributed by atoms with Crippen LogP contribution in [0.2, 0.25) is 0 Å². The van der Waals surface area contributed by atoms with Crippen molar-refractivity contribution in [2.75, 3.05) is 0 Å². The molecular weight excluding hydrogens is 192 g/mol. The molecule has 1 aromatic rings. The molecule has 0 heterocycles. The molecule has 86 valence electrons. The van der Waals surface area contributed by atoms with E-state index in [1.807, 2.05) is 0 Å². The molecule has 2 aliphatic carbocycles. The lowest BCUT2D eigenvalue weighted by Gasteiger charge is -2.23. The highest BCUT2D eigenvalue weighted by atomic mass is 14.3. The summed E-state index contributed by atoms with van der Waals surface area (Å²) in [6.45, 7) is 4.70. The minimum absolute atomic E-state index is 0.707. The molecule has 0 unspecified atom stereocenters. The molecule has 0 saturated heterocycles. The summed E-state index contributed by atoms with van der Waals surface area (Å²) in [7, 11) is 0. The predicted molar refractivity (Wildman–Crippen MR) is 69.2 cm³/mol. The highest BCUT2D eigenvalue weighted by Gasteiger charge is 2.23. The van der Waals surface area contributed by atoms with Gasteiger partial charge in [-0.2, -0.15) is 0 Å². The van der Waals surface area contributed by atoms with E-state index in [0.717, 1.165) is 0 Å². The quantitative estimate of drug-likeness (QED) is 0.658. The van der Waals surface area contributed by atoms with Crippen LogP contribution in [-0.4, -0.2) is 0 Å². The van der Waals surface area contributed by atoms with Crippen LogP contribution in [0.25, 0.3) is 0 Å². The van der Waals surface area contributed by atoms with Crippen LogP contribution in [-0.2, 0) is 25.7 Å². The zero-order valence-corrected chi connectivity index (χ0v) is 10.6. The van der Waals surface area contributed by atoms with E-state index in [-0.39, 0.29) is 0 Å². The highest BCUT2D eigenvalue weighted by Crippen LogP contribution is 2.37. The van der Waals surface area contributed by atoms with Crippen molar-refractivity contribution in [2.45, 2.75) is 64.7 Å². The molecule has 16 heavy (non-hydrogen) atoms. The predicted octanol–water partition coefficient (Wildman–Crippen LogP) is 4.18. The standard InChI is InChI=1S/C16H22/c1-11(2)16-10-12-6-3-4-7-13(12)14-8-5-9-15(14)16/h10-11H,3-9H2,1-2H3. The lowest BCUT2D eigenvalue weighted by Crippen LogP contribution is -2.09. The molecule has 1 aromatic carbocycles. The van der Waals surface area contributed by atoms with Crippen molar-refractivity contribution >= 4 is 0 Å². The maximum Gasteiger partial charge on any atom is -0.0216 e. The lowest BCUT2D eigenvalue weighted by molar-refractivity contribution is 0.676. The summed E-state index contributed by atoms with van der Waals surface area (Å²) in [5.41, 5.74) is 8.60. The normalized spacial score (nSPS) is 18.7. The SMILES string of the molecule is CC(C)c1cc2c(c3c1CCC3)CCCC2. The first-order chi connectivity index (χ1) is 7.77. The molecule has 0 saturated carbocycles. The summed E-state index contributed by atoms with van der Waals surface area (Å²) in [4.78, 5) is 0. The van der Waals surface area contributed by atoms with Gasteiger partial charge >= 0.3 is 0 Å². The molecule has 0 amide bonds. The van der Waals surface area contributed by atoms with Crippen LogP contribution in [0, 0.1) is 0 Å². The molecule has 0 N–H and O–H groups in total. The van der Waals surface area contributed by atoms with E-state index in [0.29, 0.717) is 5.92 Å². The van der Waals surface area contributed by atoms with Crippen molar-refractivity contribution in [1.82, 2.24) is 0 Å². The molecule has 0 atom stereocenters. The molecule has 0 heteroatoms. The molecule has 0 fully saturated rings. The van der Waals surface area contributed by atoms with Gasteiger partial charge in [0.1, 0.15) is 0 Å². The van der Waals surface area contributed by atoms with Crippen LogP contribution < -0.4 is 0 Å². The highest BCUT2D eigenvalue weighted by molar-refractivity contribution is 5.50. The summed E-state index contributed by atoms with van der Waals surface area (Å²) in [5, 5.41) is 0. The molecular formula is C16H22. The summed E-state index contributed by atoms with van der Waals surface area (Å²) < 4.78 is 0. The second kappa shape index (κ2) is 3.91. The number of aryl methyl sites for hydroxylation is 1.